The lowest BCUT2D eigenvalue weighted by atomic mass is 9.98. The summed E-state index contributed by atoms with van der Waals surface area (Å²) >= 11 is 3.50. The van der Waals surface area contributed by atoms with Crippen LogP contribution in [0.3, 0.4) is 0 Å². The molecule has 0 spiro atoms. The summed E-state index contributed by atoms with van der Waals surface area (Å²) in [7, 11) is 3.61. The lowest BCUT2D eigenvalue weighted by Crippen LogP contribution is -2.15. The van der Waals surface area contributed by atoms with E-state index < -0.39 is 0 Å². The Morgan fingerprint density at radius 3 is 2.60 bits per heavy atom. The van der Waals surface area contributed by atoms with Gasteiger partial charge in [0.05, 0.1) is 17.3 Å². The average Bonchev–Trinajstić information content (AvgIpc) is 2.63. The zero-order chi connectivity index (χ0) is 14.9. The SMILES string of the molecule is COc1ccc(CC(N)c2c(C)nn(C)c2C)cc1Br. The monoisotopic (exact) mass is 337 g/mol. The Bertz CT molecular complexity index is 622. The molecule has 1 heterocycles. The van der Waals surface area contributed by atoms with E-state index in [4.69, 9.17) is 10.5 Å². The smallest absolute Gasteiger partial charge is 0.133 e. The molecular weight excluding hydrogens is 318 g/mol. The van der Waals surface area contributed by atoms with Crippen LogP contribution >= 0.6 is 15.9 Å². The summed E-state index contributed by atoms with van der Waals surface area (Å²) in [6.45, 7) is 4.06. The third kappa shape index (κ3) is 2.88. The highest BCUT2D eigenvalue weighted by Gasteiger charge is 2.17. The molecule has 0 aliphatic rings. The third-order valence-corrected chi connectivity index (χ3v) is 4.23. The Hall–Kier alpha value is -1.33. The van der Waals surface area contributed by atoms with E-state index in [1.54, 1.807) is 7.11 Å². The number of nitrogens with two attached hydrogens (primary N) is 1. The van der Waals surface area contributed by atoms with Crippen molar-refractivity contribution in [1.29, 1.82) is 0 Å². The summed E-state index contributed by atoms with van der Waals surface area (Å²) in [6.07, 6.45) is 0.774. The number of aromatic nitrogens is 2. The molecule has 2 N–H and O–H groups in total. The first-order chi connectivity index (χ1) is 9.43. The zero-order valence-corrected chi connectivity index (χ0v) is 13.9. The zero-order valence-electron chi connectivity index (χ0n) is 12.3. The molecule has 20 heavy (non-hydrogen) atoms. The van der Waals surface area contributed by atoms with Gasteiger partial charge in [-0.05, 0) is 53.9 Å². The van der Waals surface area contributed by atoms with E-state index in [9.17, 15) is 0 Å². The number of methoxy groups -OCH3 is 1. The maximum absolute atomic E-state index is 6.36. The van der Waals surface area contributed by atoms with Crippen molar-refractivity contribution in [3.63, 3.8) is 0 Å². The van der Waals surface area contributed by atoms with Crippen LogP contribution in [0, 0.1) is 13.8 Å². The number of halogens is 1. The number of hydrogen-bond acceptors (Lipinski definition) is 3. The van der Waals surface area contributed by atoms with E-state index in [0.29, 0.717) is 0 Å². The van der Waals surface area contributed by atoms with Gasteiger partial charge in [-0.15, -0.1) is 0 Å². The Kier molecular flexibility index (Phi) is 4.50. The molecule has 108 valence electrons. The van der Waals surface area contributed by atoms with Crippen molar-refractivity contribution in [3.05, 3.63) is 45.2 Å². The van der Waals surface area contributed by atoms with Crippen LogP contribution in [0.5, 0.6) is 5.75 Å². The van der Waals surface area contributed by atoms with Crippen LogP contribution in [0.2, 0.25) is 0 Å². The summed E-state index contributed by atoms with van der Waals surface area (Å²) in [5.74, 6) is 0.830. The molecule has 0 saturated carbocycles. The van der Waals surface area contributed by atoms with E-state index in [0.717, 1.165) is 33.6 Å². The normalized spacial score (nSPS) is 12.5. The van der Waals surface area contributed by atoms with Crippen LogP contribution in [0.4, 0.5) is 0 Å². The topological polar surface area (TPSA) is 53.1 Å². The van der Waals surface area contributed by atoms with Crippen molar-refractivity contribution < 1.29 is 4.74 Å². The van der Waals surface area contributed by atoms with Gasteiger partial charge in [-0.2, -0.15) is 5.10 Å². The quantitative estimate of drug-likeness (QED) is 0.932. The number of benzene rings is 1. The molecule has 1 aromatic carbocycles. The van der Waals surface area contributed by atoms with Crippen molar-refractivity contribution in [3.8, 4) is 5.75 Å². The van der Waals surface area contributed by atoms with Crippen LogP contribution in [0.1, 0.15) is 28.6 Å². The minimum Gasteiger partial charge on any atom is -0.496 e. The average molecular weight is 338 g/mol. The summed E-state index contributed by atoms with van der Waals surface area (Å²) < 4.78 is 8.07. The van der Waals surface area contributed by atoms with Gasteiger partial charge in [-0.1, -0.05) is 6.07 Å². The van der Waals surface area contributed by atoms with Gasteiger partial charge >= 0.3 is 0 Å². The fourth-order valence-electron chi connectivity index (χ4n) is 2.52. The first-order valence-corrected chi connectivity index (χ1v) is 7.31. The predicted molar refractivity (Wildman–Crippen MR) is 84.0 cm³/mol. The molecule has 2 rings (SSSR count). The van der Waals surface area contributed by atoms with Gasteiger partial charge in [0.1, 0.15) is 5.75 Å². The standard InChI is InChI=1S/C15H20BrN3O/c1-9-15(10(2)19(3)18-9)13(17)8-11-5-6-14(20-4)12(16)7-11/h5-7,13H,8,17H2,1-4H3. The number of hydrogen-bond donors (Lipinski definition) is 1. The first kappa shape index (κ1) is 15.1. The maximum Gasteiger partial charge on any atom is 0.133 e. The largest absolute Gasteiger partial charge is 0.496 e. The fraction of sp³-hybridized carbons (Fsp3) is 0.400. The van der Waals surface area contributed by atoms with Crippen molar-refractivity contribution in [2.24, 2.45) is 12.8 Å². The first-order valence-electron chi connectivity index (χ1n) is 6.52. The van der Waals surface area contributed by atoms with Crippen LogP contribution in [-0.4, -0.2) is 16.9 Å². The molecule has 0 bridgehead atoms. The molecule has 0 aliphatic heterocycles. The number of aryl methyl sites for hydroxylation is 2. The second kappa shape index (κ2) is 5.97. The summed E-state index contributed by atoms with van der Waals surface area (Å²) in [4.78, 5) is 0. The van der Waals surface area contributed by atoms with E-state index in [-0.39, 0.29) is 6.04 Å². The van der Waals surface area contributed by atoms with E-state index in [2.05, 4.69) is 34.0 Å². The molecule has 0 amide bonds. The van der Waals surface area contributed by atoms with Crippen molar-refractivity contribution in [1.82, 2.24) is 9.78 Å². The molecule has 0 aliphatic carbocycles. The molecule has 1 unspecified atom stereocenters. The summed E-state index contributed by atoms with van der Waals surface area (Å²) in [6, 6.07) is 6.00. The van der Waals surface area contributed by atoms with Crippen LogP contribution < -0.4 is 10.5 Å². The second-order valence-corrected chi connectivity index (χ2v) is 5.84. The highest BCUT2D eigenvalue weighted by Crippen LogP contribution is 2.28. The predicted octanol–water partition coefficient (Wildman–Crippen LogP) is 3.05. The third-order valence-electron chi connectivity index (χ3n) is 3.61. The van der Waals surface area contributed by atoms with Crippen molar-refractivity contribution in [2.45, 2.75) is 26.3 Å². The van der Waals surface area contributed by atoms with Gasteiger partial charge in [-0.3, -0.25) is 4.68 Å². The molecule has 5 heteroatoms. The molecule has 1 atom stereocenters. The summed E-state index contributed by atoms with van der Waals surface area (Å²) in [5, 5.41) is 4.43. The van der Waals surface area contributed by atoms with Gasteiger partial charge in [0.25, 0.3) is 0 Å². The van der Waals surface area contributed by atoms with Gasteiger partial charge < -0.3 is 10.5 Å². The van der Waals surface area contributed by atoms with Gasteiger partial charge in [0.15, 0.2) is 0 Å². The molecule has 4 nitrogen and oxygen atoms in total. The Labute approximate surface area is 128 Å². The van der Waals surface area contributed by atoms with Crippen LogP contribution in [0.25, 0.3) is 0 Å². The Balaban J connectivity index is 2.23. The number of ether oxygens (including phenoxy) is 1. The van der Waals surface area contributed by atoms with E-state index >= 15 is 0 Å². The van der Waals surface area contributed by atoms with E-state index in [1.807, 2.05) is 30.8 Å². The van der Waals surface area contributed by atoms with Crippen molar-refractivity contribution in [2.75, 3.05) is 7.11 Å². The lowest BCUT2D eigenvalue weighted by Gasteiger charge is -2.14. The van der Waals surface area contributed by atoms with Gasteiger partial charge in [0, 0.05) is 24.3 Å². The van der Waals surface area contributed by atoms with Crippen LogP contribution in [-0.2, 0) is 13.5 Å². The van der Waals surface area contributed by atoms with Gasteiger partial charge in [0.2, 0.25) is 0 Å². The molecule has 1 aromatic heterocycles. The Morgan fingerprint density at radius 2 is 2.10 bits per heavy atom. The molecular formula is C15H20BrN3O. The second-order valence-electron chi connectivity index (χ2n) is 4.99. The minimum atomic E-state index is -0.0519. The minimum absolute atomic E-state index is 0.0519. The van der Waals surface area contributed by atoms with Gasteiger partial charge in [-0.25, -0.2) is 0 Å². The highest BCUT2D eigenvalue weighted by molar-refractivity contribution is 9.10. The highest BCUT2D eigenvalue weighted by atomic mass is 79.9. The molecule has 0 saturated heterocycles. The fourth-order valence-corrected chi connectivity index (χ4v) is 3.11. The molecule has 2 aromatic rings. The van der Waals surface area contributed by atoms with E-state index in [1.165, 1.54) is 5.56 Å². The van der Waals surface area contributed by atoms with Crippen LogP contribution in [0.15, 0.2) is 22.7 Å². The Morgan fingerprint density at radius 1 is 1.40 bits per heavy atom. The molecule has 0 radical (unpaired) electrons. The lowest BCUT2D eigenvalue weighted by molar-refractivity contribution is 0.412. The molecule has 0 fully saturated rings. The maximum atomic E-state index is 6.36. The summed E-state index contributed by atoms with van der Waals surface area (Å²) in [5.41, 5.74) is 10.8. The van der Waals surface area contributed by atoms with Crippen molar-refractivity contribution >= 4 is 15.9 Å². The number of nitrogens with zero attached hydrogens (tertiary/aromatic N) is 2. The number of rotatable bonds is 4.